The molecule has 4 N–H and O–H groups in total. The summed E-state index contributed by atoms with van der Waals surface area (Å²) < 4.78 is 0. The molecular weight excluding hydrogens is 190 g/mol. The van der Waals surface area contributed by atoms with Crippen LogP contribution < -0.4 is 11.3 Å². The van der Waals surface area contributed by atoms with E-state index in [4.69, 9.17) is 5.84 Å². The lowest BCUT2D eigenvalue weighted by molar-refractivity contribution is 0.229. The zero-order valence-corrected chi connectivity index (χ0v) is 9.11. The number of nitrogens with one attached hydrogen (secondary N) is 2. The number of nitrogens with zero attached hydrogens (tertiary/aromatic N) is 2. The van der Waals surface area contributed by atoms with Crippen molar-refractivity contribution in [1.82, 2.24) is 20.8 Å². The number of aromatic nitrogens is 3. The normalized spacial score (nSPS) is 28.9. The van der Waals surface area contributed by atoms with E-state index in [0.29, 0.717) is 5.92 Å². The zero-order chi connectivity index (χ0) is 10.7. The summed E-state index contributed by atoms with van der Waals surface area (Å²) in [5.74, 6) is 7.05. The van der Waals surface area contributed by atoms with Crippen LogP contribution in [0.15, 0.2) is 6.20 Å². The van der Waals surface area contributed by atoms with Crippen LogP contribution >= 0.6 is 0 Å². The smallest absolute Gasteiger partial charge is 0.101 e. The average molecular weight is 209 g/mol. The van der Waals surface area contributed by atoms with Gasteiger partial charge in [0.2, 0.25) is 0 Å². The lowest BCUT2D eigenvalue weighted by atomic mass is 9.78. The summed E-state index contributed by atoms with van der Waals surface area (Å²) in [6, 6.07) is 0.149. The minimum atomic E-state index is 0.149. The first-order chi connectivity index (χ1) is 7.31. The number of hydrogen-bond acceptors (Lipinski definition) is 4. The molecule has 1 aliphatic carbocycles. The highest BCUT2D eigenvalue weighted by Crippen LogP contribution is 2.35. The second-order valence-electron chi connectivity index (χ2n) is 4.56. The molecule has 5 heteroatoms. The molecule has 0 aliphatic heterocycles. The van der Waals surface area contributed by atoms with Gasteiger partial charge in [0.05, 0.1) is 12.2 Å². The molecule has 1 saturated carbocycles. The van der Waals surface area contributed by atoms with Gasteiger partial charge in [-0.2, -0.15) is 15.4 Å². The van der Waals surface area contributed by atoms with E-state index >= 15 is 0 Å². The second kappa shape index (κ2) is 4.72. The van der Waals surface area contributed by atoms with Crippen LogP contribution in [0.3, 0.4) is 0 Å². The summed E-state index contributed by atoms with van der Waals surface area (Å²) >= 11 is 0. The van der Waals surface area contributed by atoms with Crippen molar-refractivity contribution in [3.05, 3.63) is 11.9 Å². The third-order valence-corrected chi connectivity index (χ3v) is 3.46. The van der Waals surface area contributed by atoms with Crippen molar-refractivity contribution < 1.29 is 0 Å². The molecule has 0 amide bonds. The molecule has 1 atom stereocenters. The van der Waals surface area contributed by atoms with E-state index in [1.54, 1.807) is 6.20 Å². The molecule has 0 saturated heterocycles. The van der Waals surface area contributed by atoms with Crippen LogP contribution in [-0.2, 0) is 0 Å². The number of hydrogen-bond donors (Lipinski definition) is 3. The molecule has 5 nitrogen and oxygen atoms in total. The lowest BCUT2D eigenvalue weighted by Crippen LogP contribution is -2.35. The average Bonchev–Trinajstić information content (AvgIpc) is 2.75. The third kappa shape index (κ3) is 2.35. The summed E-state index contributed by atoms with van der Waals surface area (Å²) in [5, 5.41) is 10.6. The minimum absolute atomic E-state index is 0.149. The number of H-pyrrole nitrogens is 1. The summed E-state index contributed by atoms with van der Waals surface area (Å²) in [5.41, 5.74) is 3.79. The summed E-state index contributed by atoms with van der Waals surface area (Å²) in [4.78, 5) is 0. The Morgan fingerprint density at radius 3 is 2.73 bits per heavy atom. The van der Waals surface area contributed by atoms with Crippen molar-refractivity contribution in [1.29, 1.82) is 0 Å². The molecule has 1 aromatic rings. The first-order valence-corrected chi connectivity index (χ1v) is 5.63. The van der Waals surface area contributed by atoms with E-state index < -0.39 is 0 Å². The van der Waals surface area contributed by atoms with Gasteiger partial charge in [-0.25, -0.2) is 0 Å². The fourth-order valence-corrected chi connectivity index (χ4v) is 2.44. The van der Waals surface area contributed by atoms with E-state index in [0.717, 1.165) is 11.6 Å². The predicted octanol–water partition coefficient (Wildman–Crippen LogP) is 1.14. The van der Waals surface area contributed by atoms with E-state index in [9.17, 15) is 0 Å². The Morgan fingerprint density at radius 1 is 1.47 bits per heavy atom. The highest BCUT2D eigenvalue weighted by Gasteiger charge is 2.27. The monoisotopic (exact) mass is 209 g/mol. The molecular formula is C10H19N5. The minimum Gasteiger partial charge on any atom is -0.271 e. The van der Waals surface area contributed by atoms with Gasteiger partial charge in [-0.1, -0.05) is 19.8 Å². The quantitative estimate of drug-likeness (QED) is 0.515. The van der Waals surface area contributed by atoms with Crippen LogP contribution in [0.2, 0.25) is 0 Å². The molecule has 1 aliphatic rings. The maximum absolute atomic E-state index is 5.60. The predicted molar refractivity (Wildman–Crippen MR) is 57.6 cm³/mol. The Bertz CT molecular complexity index is 276. The van der Waals surface area contributed by atoms with Crippen LogP contribution in [-0.4, -0.2) is 15.4 Å². The van der Waals surface area contributed by atoms with Gasteiger partial charge in [0.15, 0.2) is 0 Å². The van der Waals surface area contributed by atoms with Crippen LogP contribution in [0.1, 0.15) is 44.3 Å². The number of rotatable bonds is 3. The van der Waals surface area contributed by atoms with Crippen molar-refractivity contribution in [2.45, 2.75) is 38.6 Å². The second-order valence-corrected chi connectivity index (χ2v) is 4.56. The number of nitrogens with two attached hydrogens (primary N) is 1. The Labute approximate surface area is 89.8 Å². The summed E-state index contributed by atoms with van der Waals surface area (Å²) in [7, 11) is 0. The highest BCUT2D eigenvalue weighted by molar-refractivity contribution is 5.02. The van der Waals surface area contributed by atoms with Crippen LogP contribution in [0, 0.1) is 11.8 Å². The molecule has 84 valence electrons. The Balaban J connectivity index is 2.01. The van der Waals surface area contributed by atoms with Gasteiger partial charge in [-0.3, -0.25) is 11.3 Å². The van der Waals surface area contributed by atoms with Crippen molar-refractivity contribution >= 4 is 0 Å². The van der Waals surface area contributed by atoms with Crippen molar-refractivity contribution in [2.75, 3.05) is 0 Å². The zero-order valence-electron chi connectivity index (χ0n) is 9.11. The largest absolute Gasteiger partial charge is 0.271 e. The van der Waals surface area contributed by atoms with E-state index in [-0.39, 0.29) is 6.04 Å². The highest BCUT2D eigenvalue weighted by atomic mass is 15.3. The first-order valence-electron chi connectivity index (χ1n) is 5.63. The molecule has 1 heterocycles. The standard InChI is InChI=1S/C10H19N5/c1-7-2-4-8(5-3-7)10(13-11)9-6-12-15-14-9/h6-8,10,13H,2-5,11H2,1H3,(H,12,14,15). The lowest BCUT2D eigenvalue weighted by Gasteiger charge is -2.31. The van der Waals surface area contributed by atoms with Crippen LogP contribution in [0.4, 0.5) is 0 Å². The van der Waals surface area contributed by atoms with Gasteiger partial charge < -0.3 is 0 Å². The molecule has 0 aromatic carbocycles. The topological polar surface area (TPSA) is 79.6 Å². The fraction of sp³-hybridized carbons (Fsp3) is 0.800. The number of aromatic amines is 1. The van der Waals surface area contributed by atoms with Gasteiger partial charge >= 0.3 is 0 Å². The SMILES string of the molecule is CC1CCC(C(NN)c2cn[nH]n2)CC1. The van der Waals surface area contributed by atoms with E-state index in [2.05, 4.69) is 27.8 Å². The Morgan fingerprint density at radius 2 is 2.20 bits per heavy atom. The van der Waals surface area contributed by atoms with Crippen LogP contribution in [0.5, 0.6) is 0 Å². The van der Waals surface area contributed by atoms with E-state index in [1.165, 1.54) is 25.7 Å². The van der Waals surface area contributed by atoms with Crippen LogP contribution in [0.25, 0.3) is 0 Å². The summed E-state index contributed by atoms with van der Waals surface area (Å²) in [6.45, 7) is 2.32. The van der Waals surface area contributed by atoms with Gasteiger partial charge in [-0.15, -0.1) is 0 Å². The van der Waals surface area contributed by atoms with Gasteiger partial charge in [-0.05, 0) is 24.7 Å². The molecule has 1 fully saturated rings. The first kappa shape index (κ1) is 10.6. The molecule has 1 aromatic heterocycles. The Kier molecular flexibility index (Phi) is 3.33. The summed E-state index contributed by atoms with van der Waals surface area (Å²) in [6.07, 6.45) is 6.79. The van der Waals surface area contributed by atoms with Crippen molar-refractivity contribution in [3.8, 4) is 0 Å². The van der Waals surface area contributed by atoms with Gasteiger partial charge in [0, 0.05) is 0 Å². The number of hydrazine groups is 1. The molecule has 1 unspecified atom stereocenters. The maximum atomic E-state index is 5.60. The maximum Gasteiger partial charge on any atom is 0.101 e. The van der Waals surface area contributed by atoms with E-state index in [1.807, 2.05) is 0 Å². The third-order valence-electron chi connectivity index (χ3n) is 3.46. The fourth-order valence-electron chi connectivity index (χ4n) is 2.44. The van der Waals surface area contributed by atoms with Crippen molar-refractivity contribution in [3.63, 3.8) is 0 Å². The van der Waals surface area contributed by atoms with Crippen molar-refractivity contribution in [2.24, 2.45) is 17.7 Å². The molecule has 2 rings (SSSR count). The van der Waals surface area contributed by atoms with Gasteiger partial charge in [0.1, 0.15) is 5.69 Å². The molecule has 0 radical (unpaired) electrons. The molecule has 0 bridgehead atoms. The molecule has 15 heavy (non-hydrogen) atoms. The molecule has 0 spiro atoms. The van der Waals surface area contributed by atoms with Gasteiger partial charge in [0.25, 0.3) is 0 Å². The Hall–Kier alpha value is -0.940.